The third kappa shape index (κ3) is 7.25. The number of anilines is 3. The van der Waals surface area contributed by atoms with Crippen molar-refractivity contribution in [3.63, 3.8) is 0 Å². The second-order valence-corrected chi connectivity index (χ2v) is 10.2. The Morgan fingerprint density at radius 2 is 1.88 bits per heavy atom. The third-order valence-corrected chi connectivity index (χ3v) is 6.69. The number of amides is 2. The molecular formula is C25H28B3N9O4. The maximum absolute atomic E-state index is 12.9. The van der Waals surface area contributed by atoms with Gasteiger partial charge in [0.25, 0.3) is 11.8 Å². The number of aromatic nitrogens is 4. The van der Waals surface area contributed by atoms with Crippen LogP contribution in [0.4, 0.5) is 17.2 Å². The van der Waals surface area contributed by atoms with E-state index in [1.165, 1.54) is 13.2 Å². The molecule has 41 heavy (non-hydrogen) atoms. The lowest BCUT2D eigenvalue weighted by molar-refractivity contribution is -0.117. The molecule has 13 nitrogen and oxygen atoms in total. The van der Waals surface area contributed by atoms with Crippen LogP contribution in [0.15, 0.2) is 28.8 Å². The van der Waals surface area contributed by atoms with Gasteiger partial charge in [0, 0.05) is 38.2 Å². The molecule has 6 radical (unpaired) electrons. The third-order valence-electron chi connectivity index (χ3n) is 6.69. The van der Waals surface area contributed by atoms with Crippen molar-refractivity contribution in [1.29, 1.82) is 0 Å². The summed E-state index contributed by atoms with van der Waals surface area (Å²) in [6.45, 7) is 4.36. The first kappa shape index (κ1) is 28.6. The fourth-order valence-electron chi connectivity index (χ4n) is 4.35. The highest BCUT2D eigenvalue weighted by Gasteiger charge is 2.30. The van der Waals surface area contributed by atoms with Crippen LogP contribution in [-0.2, 0) is 11.3 Å². The summed E-state index contributed by atoms with van der Waals surface area (Å²) in [5, 5.41) is 18.2. The van der Waals surface area contributed by atoms with Crippen molar-refractivity contribution in [3.05, 3.63) is 35.8 Å². The smallest absolute Gasteiger partial charge is 0.272 e. The lowest BCUT2D eigenvalue weighted by atomic mass is 9.49. The maximum atomic E-state index is 12.9. The number of carbonyl (C=O) groups excluding carboxylic acids is 2. The van der Waals surface area contributed by atoms with E-state index >= 15 is 0 Å². The normalized spacial score (nSPS) is 16.2. The number of likely N-dealkylation sites (N-methyl/N-ethyl adjacent to an activating group) is 1. The Morgan fingerprint density at radius 3 is 2.56 bits per heavy atom. The van der Waals surface area contributed by atoms with Crippen LogP contribution in [-0.4, -0.2) is 111 Å². The summed E-state index contributed by atoms with van der Waals surface area (Å²) in [6.07, 6.45) is 1.63. The van der Waals surface area contributed by atoms with Gasteiger partial charge in [-0.1, -0.05) is 16.5 Å². The van der Waals surface area contributed by atoms with Gasteiger partial charge < -0.3 is 30.1 Å². The van der Waals surface area contributed by atoms with Gasteiger partial charge in [0.1, 0.15) is 0 Å². The molecule has 1 saturated heterocycles. The summed E-state index contributed by atoms with van der Waals surface area (Å²) < 4.78 is 11.3. The Morgan fingerprint density at radius 1 is 1.12 bits per heavy atom. The summed E-state index contributed by atoms with van der Waals surface area (Å²) in [4.78, 5) is 34.3. The Bertz CT molecular complexity index is 1420. The highest BCUT2D eigenvalue weighted by Crippen LogP contribution is 2.38. The molecule has 0 spiro atoms. The largest absolute Gasteiger partial charge is 0.494 e. The van der Waals surface area contributed by atoms with Crippen molar-refractivity contribution in [2.75, 3.05) is 51.0 Å². The number of methoxy groups -OCH3 is 1. The molecule has 1 aliphatic carbocycles. The van der Waals surface area contributed by atoms with E-state index in [1.807, 2.05) is 0 Å². The van der Waals surface area contributed by atoms with Crippen LogP contribution in [0.1, 0.15) is 29.2 Å². The average molecular weight is 551 g/mol. The number of piperazine rings is 1. The molecule has 1 saturated carbocycles. The Kier molecular flexibility index (Phi) is 8.31. The number of benzene rings is 1. The molecule has 2 aliphatic rings. The summed E-state index contributed by atoms with van der Waals surface area (Å²) >= 11 is 0. The molecule has 0 unspecified atom stereocenters. The van der Waals surface area contributed by atoms with Crippen molar-refractivity contribution in [2.45, 2.75) is 24.6 Å². The minimum atomic E-state index is -1.99. The molecule has 2 amide bonds. The molecular weight excluding hydrogens is 523 g/mol. The molecule has 2 fully saturated rings. The fraction of sp³-hybridized carbons (Fsp3) is 0.440. The van der Waals surface area contributed by atoms with Gasteiger partial charge in [0.15, 0.2) is 23.1 Å². The SMILES string of the molecule is [B]C([B])([B])NC(=O)c1nnc(NC(=O)C2CC2)cc1Nc1cccc(-c2nc(CN3CCN(C)CC3)no2)c1OC. The fourth-order valence-corrected chi connectivity index (χ4v) is 4.35. The number of hydrogen-bond donors (Lipinski definition) is 3. The van der Waals surface area contributed by atoms with E-state index in [4.69, 9.17) is 32.8 Å². The second kappa shape index (κ2) is 11.9. The van der Waals surface area contributed by atoms with Crippen molar-refractivity contribution < 1.29 is 18.8 Å². The van der Waals surface area contributed by atoms with Gasteiger partial charge in [-0.2, -0.15) is 4.98 Å². The molecule has 5 rings (SSSR count). The first-order chi connectivity index (χ1) is 19.6. The zero-order valence-corrected chi connectivity index (χ0v) is 22.9. The van der Waals surface area contributed by atoms with E-state index in [9.17, 15) is 9.59 Å². The number of nitrogens with one attached hydrogen (secondary N) is 3. The van der Waals surface area contributed by atoms with Gasteiger partial charge in [0.2, 0.25) is 5.91 Å². The Balaban J connectivity index is 1.42. The molecule has 1 aromatic carbocycles. The second-order valence-electron chi connectivity index (χ2n) is 10.2. The van der Waals surface area contributed by atoms with Gasteiger partial charge in [-0.3, -0.25) is 14.5 Å². The minimum absolute atomic E-state index is 0.0594. The van der Waals surface area contributed by atoms with Crippen molar-refractivity contribution >= 4 is 52.5 Å². The summed E-state index contributed by atoms with van der Waals surface area (Å²) in [5.41, 5.74) is 1.00. The summed E-state index contributed by atoms with van der Waals surface area (Å²) in [6, 6.07) is 6.75. The van der Waals surface area contributed by atoms with E-state index in [2.05, 4.69) is 53.1 Å². The maximum Gasteiger partial charge on any atom is 0.272 e. The topological polar surface area (TPSA) is 151 Å². The first-order valence-corrected chi connectivity index (χ1v) is 13.1. The quantitative estimate of drug-likeness (QED) is 0.297. The standard InChI is InChI=1S/C25H28B3N9O4/c1-36-8-10-37(11-9-36)13-19-31-24(41-35-19)15-4-3-5-16(21(15)40-2)29-17-12-18(30-22(38)14-6-7-14)33-34-20(17)23(39)32-25(26,27)28/h3-5,12,14H,6-11,13H2,1-2H3,(H,32,39)(H2,29,30,33,38). The van der Waals surface area contributed by atoms with Crippen molar-refractivity contribution in [2.24, 2.45) is 5.92 Å². The number of carbonyl (C=O) groups is 2. The number of hydrogen-bond acceptors (Lipinski definition) is 11. The molecule has 3 N–H and O–H groups in total. The summed E-state index contributed by atoms with van der Waals surface area (Å²) in [7, 11) is 20.3. The Labute approximate surface area is 241 Å². The predicted molar refractivity (Wildman–Crippen MR) is 153 cm³/mol. The number of nitrogens with zero attached hydrogens (tertiary/aromatic N) is 6. The number of para-hydroxylation sites is 1. The van der Waals surface area contributed by atoms with Crippen LogP contribution < -0.4 is 20.7 Å². The van der Waals surface area contributed by atoms with E-state index in [1.54, 1.807) is 18.2 Å². The van der Waals surface area contributed by atoms with E-state index < -0.39 is 11.1 Å². The van der Waals surface area contributed by atoms with Crippen LogP contribution >= 0.6 is 0 Å². The Hall–Kier alpha value is -3.91. The van der Waals surface area contributed by atoms with Gasteiger partial charge in [-0.05, 0) is 32.0 Å². The monoisotopic (exact) mass is 551 g/mol. The minimum Gasteiger partial charge on any atom is -0.494 e. The first-order valence-electron chi connectivity index (χ1n) is 13.1. The van der Waals surface area contributed by atoms with Gasteiger partial charge in [-0.25, -0.2) is 0 Å². The average Bonchev–Trinajstić information content (AvgIpc) is 3.68. The molecule has 0 bridgehead atoms. The van der Waals surface area contributed by atoms with Crippen molar-refractivity contribution in [1.82, 2.24) is 35.5 Å². The van der Waals surface area contributed by atoms with Crippen LogP contribution in [0, 0.1) is 5.92 Å². The van der Waals surface area contributed by atoms with E-state index in [0.717, 1.165) is 39.0 Å². The molecule has 16 heteroatoms. The molecule has 1 aliphatic heterocycles. The lowest BCUT2D eigenvalue weighted by Gasteiger charge is -2.31. The molecule has 0 atom stereocenters. The molecule has 3 aromatic rings. The number of ether oxygens (including phenoxy) is 1. The van der Waals surface area contributed by atoms with Crippen LogP contribution in [0.25, 0.3) is 11.5 Å². The predicted octanol–water partition coefficient (Wildman–Crippen LogP) is 0.221. The van der Waals surface area contributed by atoms with Crippen molar-refractivity contribution in [3.8, 4) is 17.2 Å². The highest BCUT2D eigenvalue weighted by atomic mass is 16.5. The molecule has 2 aromatic heterocycles. The molecule has 206 valence electrons. The zero-order chi connectivity index (χ0) is 29.1. The van der Waals surface area contributed by atoms with Gasteiger partial charge in [-0.15, -0.1) is 10.2 Å². The van der Waals surface area contributed by atoms with E-state index in [0.29, 0.717) is 29.4 Å². The van der Waals surface area contributed by atoms with Gasteiger partial charge in [0.05, 0.1) is 54.1 Å². The van der Waals surface area contributed by atoms with Crippen LogP contribution in [0.3, 0.4) is 0 Å². The van der Waals surface area contributed by atoms with Gasteiger partial charge >= 0.3 is 0 Å². The van der Waals surface area contributed by atoms with Crippen LogP contribution in [0.2, 0.25) is 0 Å². The summed E-state index contributed by atoms with van der Waals surface area (Å²) in [5.74, 6) is 0.352. The van der Waals surface area contributed by atoms with Crippen LogP contribution in [0.5, 0.6) is 5.75 Å². The zero-order valence-electron chi connectivity index (χ0n) is 22.9. The highest BCUT2D eigenvalue weighted by molar-refractivity contribution is 6.60. The lowest BCUT2D eigenvalue weighted by Crippen LogP contribution is -2.50. The number of rotatable bonds is 10. The molecule has 3 heterocycles. The van der Waals surface area contributed by atoms with E-state index in [-0.39, 0.29) is 34.9 Å².